The second kappa shape index (κ2) is 6.36. The van der Waals surface area contributed by atoms with Gasteiger partial charge >= 0.3 is 0 Å². The van der Waals surface area contributed by atoms with Gasteiger partial charge in [0, 0.05) is 30.7 Å². The maximum Gasteiger partial charge on any atom is 0.257 e. The van der Waals surface area contributed by atoms with Crippen molar-refractivity contribution in [1.82, 2.24) is 10.2 Å². The Morgan fingerprint density at radius 2 is 2.28 bits per heavy atom. The predicted molar refractivity (Wildman–Crippen MR) is 72.0 cm³/mol. The van der Waals surface area contributed by atoms with Gasteiger partial charge in [0.15, 0.2) is 0 Å². The van der Waals surface area contributed by atoms with Crippen molar-refractivity contribution in [3.05, 3.63) is 34.6 Å². The minimum Gasteiger partial charge on any atom is -0.333 e. The number of carbonyl (C=O) groups is 1. The van der Waals surface area contributed by atoms with Crippen molar-refractivity contribution in [2.45, 2.75) is 13.0 Å². The highest BCUT2D eigenvalue weighted by Gasteiger charge is 2.25. The molecule has 3 nitrogen and oxygen atoms in total. The van der Waals surface area contributed by atoms with Crippen molar-refractivity contribution in [3.63, 3.8) is 0 Å². The molecule has 0 aromatic heterocycles. The van der Waals surface area contributed by atoms with Crippen molar-refractivity contribution in [2.24, 2.45) is 0 Å². The molecule has 100 valence electrons. The van der Waals surface area contributed by atoms with E-state index >= 15 is 0 Å². The summed E-state index contributed by atoms with van der Waals surface area (Å²) < 4.78 is 13.6. The van der Waals surface area contributed by atoms with Crippen LogP contribution < -0.4 is 5.32 Å². The summed E-state index contributed by atoms with van der Waals surface area (Å²) in [5.74, 6) is -0.816. The average Bonchev–Trinajstić information content (AvgIpc) is 2.32. The van der Waals surface area contributed by atoms with Crippen LogP contribution in [0.3, 0.4) is 0 Å². The van der Waals surface area contributed by atoms with Crippen LogP contribution >= 0.6 is 24.0 Å². The van der Waals surface area contributed by atoms with E-state index in [2.05, 4.69) is 5.32 Å². The van der Waals surface area contributed by atoms with Gasteiger partial charge < -0.3 is 10.2 Å². The molecule has 1 N–H and O–H groups in total. The summed E-state index contributed by atoms with van der Waals surface area (Å²) in [6.45, 7) is 3.99. The van der Waals surface area contributed by atoms with Crippen molar-refractivity contribution in [1.29, 1.82) is 0 Å². The molecule has 1 amide bonds. The number of nitrogens with zero attached hydrogens (tertiary/aromatic N) is 1. The zero-order valence-corrected chi connectivity index (χ0v) is 11.5. The summed E-state index contributed by atoms with van der Waals surface area (Å²) in [6, 6.07) is 4.11. The first-order valence-electron chi connectivity index (χ1n) is 5.56. The number of carbonyl (C=O) groups excluding carboxylic acids is 1. The lowest BCUT2D eigenvalue weighted by molar-refractivity contribution is 0.0651. The fourth-order valence-corrected chi connectivity index (χ4v) is 2.13. The number of benzene rings is 1. The van der Waals surface area contributed by atoms with Gasteiger partial charge in [0.25, 0.3) is 5.91 Å². The summed E-state index contributed by atoms with van der Waals surface area (Å²) >= 11 is 5.79. The Morgan fingerprint density at radius 1 is 1.56 bits per heavy atom. The van der Waals surface area contributed by atoms with E-state index in [1.165, 1.54) is 18.2 Å². The number of nitrogens with one attached hydrogen (secondary N) is 1. The summed E-state index contributed by atoms with van der Waals surface area (Å²) in [5.41, 5.74) is 0.0475. The predicted octanol–water partition coefficient (Wildman–Crippen LogP) is 2.33. The van der Waals surface area contributed by atoms with Crippen LogP contribution in [-0.2, 0) is 0 Å². The van der Waals surface area contributed by atoms with Crippen LogP contribution in [0.25, 0.3) is 0 Å². The normalized spacial score (nSPS) is 19.3. The Labute approximate surface area is 117 Å². The molecule has 1 aliphatic rings. The lowest BCUT2D eigenvalue weighted by Crippen LogP contribution is -2.52. The van der Waals surface area contributed by atoms with E-state index in [1.54, 1.807) is 4.90 Å². The van der Waals surface area contributed by atoms with Crippen molar-refractivity contribution in [2.75, 3.05) is 19.6 Å². The van der Waals surface area contributed by atoms with Crippen molar-refractivity contribution < 1.29 is 9.18 Å². The maximum absolute atomic E-state index is 13.6. The summed E-state index contributed by atoms with van der Waals surface area (Å²) in [6.07, 6.45) is 0. The van der Waals surface area contributed by atoms with Gasteiger partial charge in [-0.3, -0.25) is 4.79 Å². The monoisotopic (exact) mass is 292 g/mol. The van der Waals surface area contributed by atoms with Gasteiger partial charge in [-0.15, -0.1) is 12.4 Å². The van der Waals surface area contributed by atoms with Gasteiger partial charge in [0.1, 0.15) is 5.82 Å². The number of hydrogen-bond acceptors (Lipinski definition) is 2. The highest BCUT2D eigenvalue weighted by molar-refractivity contribution is 6.31. The van der Waals surface area contributed by atoms with E-state index < -0.39 is 5.82 Å². The van der Waals surface area contributed by atoms with E-state index in [9.17, 15) is 9.18 Å². The van der Waals surface area contributed by atoms with Crippen LogP contribution in [0.2, 0.25) is 5.02 Å². The van der Waals surface area contributed by atoms with Gasteiger partial charge in [0.2, 0.25) is 0 Å². The molecule has 1 aliphatic heterocycles. The van der Waals surface area contributed by atoms with Crippen LogP contribution in [0.15, 0.2) is 18.2 Å². The smallest absolute Gasteiger partial charge is 0.257 e. The highest BCUT2D eigenvalue weighted by atomic mass is 35.5. The zero-order chi connectivity index (χ0) is 12.4. The Hall–Kier alpha value is -0.840. The molecular formula is C12H15Cl2FN2O. The third kappa shape index (κ3) is 3.13. The summed E-state index contributed by atoms with van der Waals surface area (Å²) in [5, 5.41) is 3.56. The molecule has 0 saturated carbocycles. The summed E-state index contributed by atoms with van der Waals surface area (Å²) in [7, 11) is 0. The molecule has 1 aromatic rings. The van der Waals surface area contributed by atoms with Gasteiger partial charge in [-0.2, -0.15) is 0 Å². The number of hydrogen-bond donors (Lipinski definition) is 1. The minimum absolute atomic E-state index is 0. The maximum atomic E-state index is 13.6. The number of rotatable bonds is 1. The molecule has 0 radical (unpaired) electrons. The molecule has 2 rings (SSSR count). The Balaban J connectivity index is 0.00000162. The van der Waals surface area contributed by atoms with E-state index in [0.717, 1.165) is 13.1 Å². The van der Waals surface area contributed by atoms with Gasteiger partial charge in [-0.05, 0) is 25.1 Å². The molecular weight excluding hydrogens is 278 g/mol. The lowest BCUT2D eigenvalue weighted by atomic mass is 10.1. The first kappa shape index (κ1) is 15.2. The molecule has 1 fully saturated rings. The van der Waals surface area contributed by atoms with Crippen LogP contribution in [0.1, 0.15) is 17.3 Å². The SMILES string of the molecule is CC1CNCCN1C(=O)c1cc(Cl)ccc1F.Cl. The summed E-state index contributed by atoms with van der Waals surface area (Å²) in [4.78, 5) is 13.9. The first-order valence-corrected chi connectivity index (χ1v) is 5.94. The first-order chi connectivity index (χ1) is 8.09. The quantitative estimate of drug-likeness (QED) is 0.862. The molecule has 1 saturated heterocycles. The molecule has 0 aliphatic carbocycles. The van der Waals surface area contributed by atoms with Gasteiger partial charge in [-0.1, -0.05) is 11.6 Å². The highest BCUT2D eigenvalue weighted by Crippen LogP contribution is 2.18. The molecule has 6 heteroatoms. The van der Waals surface area contributed by atoms with Crippen molar-refractivity contribution in [3.8, 4) is 0 Å². The topological polar surface area (TPSA) is 32.3 Å². The second-order valence-electron chi connectivity index (χ2n) is 4.18. The molecule has 1 aromatic carbocycles. The van der Waals surface area contributed by atoms with E-state index in [4.69, 9.17) is 11.6 Å². The molecule has 1 atom stereocenters. The van der Waals surface area contributed by atoms with Crippen LogP contribution in [-0.4, -0.2) is 36.5 Å². The van der Waals surface area contributed by atoms with Crippen LogP contribution in [0.4, 0.5) is 4.39 Å². The Kier molecular flexibility index (Phi) is 5.38. The average molecular weight is 293 g/mol. The van der Waals surface area contributed by atoms with Gasteiger partial charge in [0.05, 0.1) is 5.56 Å². The number of halogens is 3. The molecule has 1 heterocycles. The Morgan fingerprint density at radius 3 is 2.94 bits per heavy atom. The largest absolute Gasteiger partial charge is 0.333 e. The minimum atomic E-state index is -0.523. The number of piperazine rings is 1. The zero-order valence-electron chi connectivity index (χ0n) is 9.95. The second-order valence-corrected chi connectivity index (χ2v) is 4.61. The molecule has 18 heavy (non-hydrogen) atoms. The van der Waals surface area contributed by atoms with Crippen molar-refractivity contribution >= 4 is 29.9 Å². The van der Waals surface area contributed by atoms with Gasteiger partial charge in [-0.25, -0.2) is 4.39 Å². The standard InChI is InChI=1S/C12H14ClFN2O.ClH/c1-8-7-15-4-5-16(8)12(17)10-6-9(13)2-3-11(10)14;/h2-3,6,8,15H,4-5,7H2,1H3;1H. The lowest BCUT2D eigenvalue weighted by Gasteiger charge is -2.34. The molecule has 0 spiro atoms. The fourth-order valence-electron chi connectivity index (χ4n) is 1.96. The Bertz CT molecular complexity index is 442. The van der Waals surface area contributed by atoms with E-state index in [1.807, 2.05) is 6.92 Å². The third-order valence-electron chi connectivity index (χ3n) is 2.92. The molecule has 0 bridgehead atoms. The fraction of sp³-hybridized carbons (Fsp3) is 0.417. The van der Waals surface area contributed by atoms with E-state index in [0.29, 0.717) is 11.6 Å². The third-order valence-corrected chi connectivity index (χ3v) is 3.16. The van der Waals surface area contributed by atoms with Crippen LogP contribution in [0, 0.1) is 5.82 Å². The van der Waals surface area contributed by atoms with E-state index in [-0.39, 0.29) is 29.9 Å². The number of amides is 1. The van der Waals surface area contributed by atoms with Crippen LogP contribution in [0.5, 0.6) is 0 Å². The molecule has 1 unspecified atom stereocenters.